The molecule has 0 bridgehead atoms. The quantitative estimate of drug-likeness (QED) is 0.620. The van der Waals surface area contributed by atoms with Crippen molar-refractivity contribution in [2.45, 2.75) is 31.3 Å². The molecule has 1 aromatic heterocycles. The van der Waals surface area contributed by atoms with E-state index in [0.29, 0.717) is 17.8 Å². The minimum Gasteiger partial charge on any atom is -0.469 e. The normalized spacial score (nSPS) is 16.4. The Labute approximate surface area is 186 Å². The molecule has 2 heterocycles. The Morgan fingerprint density at radius 3 is 2.64 bits per heavy atom. The van der Waals surface area contributed by atoms with Crippen molar-refractivity contribution in [2.24, 2.45) is 0 Å². The van der Waals surface area contributed by atoms with Gasteiger partial charge in [0.2, 0.25) is 0 Å². The SMILES string of the molecule is COC(=O)C[C@@H](NC(=O)N1CCc2[nH]cnc2[C@H]1c1ccccc1OC(F)(F)F)C(=O)OC. The van der Waals surface area contributed by atoms with Gasteiger partial charge in [-0.3, -0.25) is 4.79 Å². The lowest BCUT2D eigenvalue weighted by molar-refractivity contribution is -0.275. The van der Waals surface area contributed by atoms with E-state index in [1.807, 2.05) is 0 Å². The summed E-state index contributed by atoms with van der Waals surface area (Å²) in [5.74, 6) is -2.15. The van der Waals surface area contributed by atoms with Crippen molar-refractivity contribution < 1.29 is 41.8 Å². The lowest BCUT2D eigenvalue weighted by Gasteiger charge is -2.36. The molecule has 0 aliphatic carbocycles. The van der Waals surface area contributed by atoms with Gasteiger partial charge in [-0.05, 0) is 6.07 Å². The molecular formula is C20H21F3N4O6. The minimum atomic E-state index is -4.96. The maximum Gasteiger partial charge on any atom is 0.573 e. The second-order valence-corrected chi connectivity index (χ2v) is 7.00. The minimum absolute atomic E-state index is 0.0422. The van der Waals surface area contributed by atoms with Crippen LogP contribution in [-0.4, -0.2) is 66.0 Å². The number of halogens is 3. The number of benzene rings is 1. The summed E-state index contributed by atoms with van der Waals surface area (Å²) in [5, 5.41) is 2.40. The molecule has 13 heteroatoms. The first-order valence-electron chi connectivity index (χ1n) is 9.73. The van der Waals surface area contributed by atoms with Gasteiger partial charge in [-0.25, -0.2) is 14.6 Å². The molecule has 33 heavy (non-hydrogen) atoms. The maximum absolute atomic E-state index is 13.2. The number of nitrogens with one attached hydrogen (secondary N) is 2. The van der Waals surface area contributed by atoms with Gasteiger partial charge in [0.25, 0.3) is 0 Å². The number of hydrogen-bond donors (Lipinski definition) is 2. The summed E-state index contributed by atoms with van der Waals surface area (Å²) < 4.78 is 52.4. The second-order valence-electron chi connectivity index (χ2n) is 7.00. The van der Waals surface area contributed by atoms with E-state index in [-0.39, 0.29) is 12.1 Å². The number of carbonyl (C=O) groups excluding carboxylic acids is 3. The first kappa shape index (κ1) is 23.9. The van der Waals surface area contributed by atoms with Crippen molar-refractivity contribution in [1.29, 1.82) is 0 Å². The molecule has 1 aliphatic rings. The van der Waals surface area contributed by atoms with Gasteiger partial charge >= 0.3 is 24.3 Å². The number of rotatable bonds is 6. The lowest BCUT2D eigenvalue weighted by atomic mass is 9.95. The highest BCUT2D eigenvalue weighted by Crippen LogP contribution is 2.39. The zero-order valence-electron chi connectivity index (χ0n) is 17.6. The van der Waals surface area contributed by atoms with Gasteiger partial charge in [-0.2, -0.15) is 0 Å². The third kappa shape index (κ3) is 5.54. The number of para-hydroxylation sites is 1. The summed E-state index contributed by atoms with van der Waals surface area (Å²) >= 11 is 0. The van der Waals surface area contributed by atoms with Crippen LogP contribution in [-0.2, 0) is 25.5 Å². The summed E-state index contributed by atoms with van der Waals surface area (Å²) in [5.41, 5.74) is 1.02. The van der Waals surface area contributed by atoms with Gasteiger partial charge in [0, 0.05) is 24.2 Å². The number of carbonyl (C=O) groups is 3. The summed E-state index contributed by atoms with van der Waals surface area (Å²) in [6, 6.07) is 2.16. The van der Waals surface area contributed by atoms with Gasteiger partial charge in [0.15, 0.2) is 0 Å². The maximum atomic E-state index is 13.2. The predicted molar refractivity (Wildman–Crippen MR) is 105 cm³/mol. The fourth-order valence-corrected chi connectivity index (χ4v) is 3.55. The molecule has 1 aliphatic heterocycles. The molecule has 0 unspecified atom stereocenters. The highest BCUT2D eigenvalue weighted by Gasteiger charge is 2.39. The summed E-state index contributed by atoms with van der Waals surface area (Å²) in [6.45, 7) is 0.0815. The van der Waals surface area contributed by atoms with Crippen LogP contribution in [0.2, 0.25) is 0 Å². The van der Waals surface area contributed by atoms with Crippen LogP contribution in [0.25, 0.3) is 0 Å². The molecule has 0 fully saturated rings. The third-order valence-electron chi connectivity index (χ3n) is 5.01. The molecule has 2 N–H and O–H groups in total. The molecule has 0 saturated carbocycles. The van der Waals surface area contributed by atoms with E-state index in [4.69, 9.17) is 0 Å². The number of nitrogens with zero attached hydrogens (tertiary/aromatic N) is 2. The van der Waals surface area contributed by atoms with Crippen molar-refractivity contribution in [3.05, 3.63) is 47.5 Å². The Kier molecular flexibility index (Phi) is 7.09. The van der Waals surface area contributed by atoms with E-state index in [9.17, 15) is 27.6 Å². The Balaban J connectivity index is 1.97. The van der Waals surface area contributed by atoms with Crippen LogP contribution in [0.15, 0.2) is 30.6 Å². The van der Waals surface area contributed by atoms with Crippen LogP contribution in [0.5, 0.6) is 5.75 Å². The van der Waals surface area contributed by atoms with Crippen LogP contribution in [0.4, 0.5) is 18.0 Å². The number of amides is 2. The number of imidazole rings is 1. The van der Waals surface area contributed by atoms with Crippen LogP contribution < -0.4 is 10.1 Å². The van der Waals surface area contributed by atoms with Gasteiger partial charge < -0.3 is 29.4 Å². The number of fused-ring (bicyclic) bond motifs is 1. The number of aromatic amines is 1. The van der Waals surface area contributed by atoms with Gasteiger partial charge in [0.1, 0.15) is 17.8 Å². The number of aromatic nitrogens is 2. The van der Waals surface area contributed by atoms with E-state index in [1.54, 1.807) is 0 Å². The molecule has 10 nitrogen and oxygen atoms in total. The molecular weight excluding hydrogens is 449 g/mol. The van der Waals surface area contributed by atoms with Gasteiger partial charge in [-0.1, -0.05) is 18.2 Å². The third-order valence-corrected chi connectivity index (χ3v) is 5.01. The van der Waals surface area contributed by atoms with Crippen molar-refractivity contribution in [1.82, 2.24) is 20.2 Å². The van der Waals surface area contributed by atoms with E-state index in [0.717, 1.165) is 20.3 Å². The first-order valence-corrected chi connectivity index (χ1v) is 9.73. The van der Waals surface area contributed by atoms with Crippen LogP contribution in [0, 0.1) is 0 Å². The summed E-state index contributed by atoms with van der Waals surface area (Å²) in [6.07, 6.45) is -3.74. The molecule has 0 spiro atoms. The number of alkyl halides is 3. The number of urea groups is 1. The molecule has 2 aromatic rings. The van der Waals surface area contributed by atoms with Gasteiger partial charge in [0.05, 0.1) is 32.7 Å². The van der Waals surface area contributed by atoms with Crippen LogP contribution in [0.1, 0.15) is 29.4 Å². The highest BCUT2D eigenvalue weighted by atomic mass is 19.4. The van der Waals surface area contributed by atoms with Crippen LogP contribution >= 0.6 is 0 Å². The zero-order chi connectivity index (χ0) is 24.2. The monoisotopic (exact) mass is 470 g/mol. The molecule has 3 rings (SSSR count). The second kappa shape index (κ2) is 9.79. The van der Waals surface area contributed by atoms with Crippen molar-refractivity contribution >= 4 is 18.0 Å². The number of hydrogen-bond acceptors (Lipinski definition) is 7. The Morgan fingerprint density at radius 2 is 1.97 bits per heavy atom. The molecule has 0 saturated heterocycles. The molecule has 1 aromatic carbocycles. The van der Waals surface area contributed by atoms with Gasteiger partial charge in [-0.15, -0.1) is 13.2 Å². The van der Waals surface area contributed by atoms with E-state index in [1.165, 1.54) is 29.4 Å². The van der Waals surface area contributed by atoms with Crippen molar-refractivity contribution in [3.63, 3.8) is 0 Å². The summed E-state index contributed by atoms with van der Waals surface area (Å²) in [4.78, 5) is 45.2. The average molecular weight is 470 g/mol. The van der Waals surface area contributed by atoms with E-state index < -0.39 is 48.6 Å². The molecule has 0 radical (unpaired) electrons. The first-order chi connectivity index (χ1) is 15.6. The Bertz CT molecular complexity index is 1030. The Hall–Kier alpha value is -3.77. The summed E-state index contributed by atoms with van der Waals surface area (Å²) in [7, 11) is 2.21. The largest absolute Gasteiger partial charge is 0.573 e. The fourth-order valence-electron chi connectivity index (χ4n) is 3.55. The molecule has 2 atom stereocenters. The van der Waals surface area contributed by atoms with Crippen molar-refractivity contribution in [3.8, 4) is 5.75 Å². The van der Waals surface area contributed by atoms with E-state index in [2.05, 4.69) is 29.5 Å². The number of ether oxygens (including phenoxy) is 3. The zero-order valence-corrected chi connectivity index (χ0v) is 17.6. The average Bonchev–Trinajstić information content (AvgIpc) is 3.25. The number of H-pyrrole nitrogens is 1. The molecule has 178 valence electrons. The standard InChI is InChI=1S/C20H21F3N4O6/c1-31-15(28)9-13(18(29)32-2)26-19(30)27-8-7-12-16(25-10-24-12)17(27)11-5-3-4-6-14(11)33-20(21,22)23/h3-6,10,13,17H,7-9H2,1-2H3,(H,24,25)(H,26,30)/t13-,17-/m1/s1. The topological polar surface area (TPSA) is 123 Å². The lowest BCUT2D eigenvalue weighted by Crippen LogP contribution is -2.52. The highest BCUT2D eigenvalue weighted by molar-refractivity contribution is 5.87. The van der Waals surface area contributed by atoms with Crippen LogP contribution in [0.3, 0.4) is 0 Å². The predicted octanol–water partition coefficient (Wildman–Crippen LogP) is 2.07. The van der Waals surface area contributed by atoms with E-state index >= 15 is 0 Å². The number of esters is 2. The smallest absolute Gasteiger partial charge is 0.469 e. The fraction of sp³-hybridized carbons (Fsp3) is 0.400. The number of methoxy groups -OCH3 is 2. The Morgan fingerprint density at radius 1 is 1.24 bits per heavy atom. The van der Waals surface area contributed by atoms with Crippen molar-refractivity contribution in [2.75, 3.05) is 20.8 Å². The molecule has 2 amide bonds.